The third kappa shape index (κ3) is 5.17. The first-order valence-electron chi connectivity index (χ1n) is 10.9. The molecule has 0 spiro atoms. The van der Waals surface area contributed by atoms with Gasteiger partial charge in [0.05, 0.1) is 4.90 Å². The van der Waals surface area contributed by atoms with E-state index in [0.29, 0.717) is 10.7 Å². The average molecular weight is 469 g/mol. The zero-order valence-electron chi connectivity index (χ0n) is 20.1. The Kier molecular flexibility index (Phi) is 7.39. The predicted molar refractivity (Wildman–Crippen MR) is 130 cm³/mol. The van der Waals surface area contributed by atoms with E-state index in [1.165, 1.54) is 0 Å². The summed E-state index contributed by atoms with van der Waals surface area (Å²) in [6.45, 7) is 9.53. The number of nitrogens with zero attached hydrogens (tertiary/aromatic N) is 2. The lowest BCUT2D eigenvalue weighted by Gasteiger charge is -2.20. The molecule has 2 aromatic carbocycles. The number of aryl methyl sites for hydroxylation is 1. The SMILES string of the molecule is Cc1c(C)c(C)c(S(=O)(=O)NCCC(=O)NC(c2ccccc2)c2nccn2C)c(C)c1C. The van der Waals surface area contributed by atoms with Gasteiger partial charge in [-0.05, 0) is 68.0 Å². The third-order valence-corrected chi connectivity index (χ3v) is 8.13. The Hall–Kier alpha value is -2.97. The van der Waals surface area contributed by atoms with Crippen molar-refractivity contribution < 1.29 is 13.2 Å². The number of benzene rings is 2. The van der Waals surface area contributed by atoms with Crippen LogP contribution in [0.15, 0.2) is 47.6 Å². The Morgan fingerprint density at radius 1 is 0.970 bits per heavy atom. The maximum Gasteiger partial charge on any atom is 0.241 e. The Morgan fingerprint density at radius 3 is 2.09 bits per heavy atom. The number of hydrogen-bond acceptors (Lipinski definition) is 4. The summed E-state index contributed by atoms with van der Waals surface area (Å²) < 4.78 is 30.6. The number of imidazole rings is 1. The lowest BCUT2D eigenvalue weighted by Crippen LogP contribution is -2.34. The van der Waals surface area contributed by atoms with Gasteiger partial charge < -0.3 is 9.88 Å². The van der Waals surface area contributed by atoms with Crippen LogP contribution in [0.5, 0.6) is 0 Å². The van der Waals surface area contributed by atoms with Gasteiger partial charge in [-0.2, -0.15) is 0 Å². The van der Waals surface area contributed by atoms with E-state index in [9.17, 15) is 13.2 Å². The monoisotopic (exact) mass is 468 g/mol. The molecule has 0 fully saturated rings. The molecule has 1 aromatic heterocycles. The maximum absolute atomic E-state index is 13.1. The summed E-state index contributed by atoms with van der Waals surface area (Å²) in [5.74, 6) is 0.436. The highest BCUT2D eigenvalue weighted by molar-refractivity contribution is 7.89. The van der Waals surface area contributed by atoms with Gasteiger partial charge in [0.15, 0.2) is 0 Å². The van der Waals surface area contributed by atoms with Crippen molar-refractivity contribution in [3.63, 3.8) is 0 Å². The number of rotatable bonds is 8. The van der Waals surface area contributed by atoms with E-state index in [-0.39, 0.29) is 18.9 Å². The van der Waals surface area contributed by atoms with Gasteiger partial charge >= 0.3 is 0 Å². The van der Waals surface area contributed by atoms with Gasteiger partial charge in [-0.1, -0.05) is 30.3 Å². The summed E-state index contributed by atoms with van der Waals surface area (Å²) in [7, 11) is -1.89. The molecule has 2 N–H and O–H groups in total. The smallest absolute Gasteiger partial charge is 0.241 e. The number of amides is 1. The van der Waals surface area contributed by atoms with Gasteiger partial charge in [0.2, 0.25) is 15.9 Å². The first kappa shape index (κ1) is 24.7. The van der Waals surface area contributed by atoms with Crippen LogP contribution in [0.1, 0.15) is 51.7 Å². The van der Waals surface area contributed by atoms with Gasteiger partial charge in [-0.3, -0.25) is 4.79 Å². The van der Waals surface area contributed by atoms with Crippen LogP contribution in [-0.4, -0.2) is 30.4 Å². The molecule has 176 valence electrons. The Bertz CT molecular complexity index is 1240. The van der Waals surface area contributed by atoms with Crippen LogP contribution >= 0.6 is 0 Å². The van der Waals surface area contributed by atoms with Crippen molar-refractivity contribution in [2.45, 2.75) is 52.0 Å². The van der Waals surface area contributed by atoms with Crippen molar-refractivity contribution in [1.29, 1.82) is 0 Å². The minimum absolute atomic E-state index is 0.00108. The molecule has 1 heterocycles. The van der Waals surface area contributed by atoms with Crippen LogP contribution in [0.2, 0.25) is 0 Å². The topological polar surface area (TPSA) is 93.1 Å². The second kappa shape index (κ2) is 9.89. The Morgan fingerprint density at radius 2 is 1.55 bits per heavy atom. The normalized spacial score (nSPS) is 12.5. The Balaban J connectivity index is 1.73. The molecular weight excluding hydrogens is 436 g/mol. The molecule has 0 radical (unpaired) electrons. The van der Waals surface area contributed by atoms with Gasteiger partial charge in [0.25, 0.3) is 0 Å². The summed E-state index contributed by atoms with van der Waals surface area (Å²) in [5, 5.41) is 2.99. The van der Waals surface area contributed by atoms with E-state index in [1.807, 2.05) is 82.8 Å². The molecule has 1 amide bonds. The van der Waals surface area contributed by atoms with Crippen molar-refractivity contribution in [3.05, 3.63) is 81.9 Å². The summed E-state index contributed by atoms with van der Waals surface area (Å²) in [6.07, 6.45) is 3.51. The summed E-state index contributed by atoms with van der Waals surface area (Å²) in [4.78, 5) is 17.4. The molecule has 0 aliphatic carbocycles. The number of aromatic nitrogens is 2. The maximum atomic E-state index is 13.1. The highest BCUT2D eigenvalue weighted by Crippen LogP contribution is 2.29. The lowest BCUT2D eigenvalue weighted by atomic mass is 9.95. The molecule has 33 heavy (non-hydrogen) atoms. The van der Waals surface area contributed by atoms with Crippen LogP contribution in [0, 0.1) is 34.6 Å². The molecule has 7 nitrogen and oxygen atoms in total. The number of hydrogen-bond donors (Lipinski definition) is 2. The largest absolute Gasteiger partial charge is 0.342 e. The van der Waals surface area contributed by atoms with Gasteiger partial charge in [0, 0.05) is 32.4 Å². The van der Waals surface area contributed by atoms with E-state index < -0.39 is 16.1 Å². The van der Waals surface area contributed by atoms with Gasteiger partial charge in [-0.15, -0.1) is 0 Å². The van der Waals surface area contributed by atoms with E-state index in [1.54, 1.807) is 6.20 Å². The van der Waals surface area contributed by atoms with E-state index in [0.717, 1.165) is 33.4 Å². The third-order valence-electron chi connectivity index (χ3n) is 6.40. The molecule has 0 saturated carbocycles. The quantitative estimate of drug-likeness (QED) is 0.529. The van der Waals surface area contributed by atoms with Crippen molar-refractivity contribution in [1.82, 2.24) is 19.6 Å². The van der Waals surface area contributed by atoms with Crippen LogP contribution < -0.4 is 10.0 Å². The fourth-order valence-electron chi connectivity index (χ4n) is 4.07. The molecule has 0 saturated heterocycles. The van der Waals surface area contributed by atoms with Crippen LogP contribution in [-0.2, 0) is 21.9 Å². The fraction of sp³-hybridized carbons (Fsp3) is 0.360. The minimum Gasteiger partial charge on any atom is -0.342 e. The second-order valence-corrected chi connectivity index (χ2v) is 10.1. The van der Waals surface area contributed by atoms with Crippen molar-refractivity contribution in [3.8, 4) is 0 Å². The molecular formula is C25H32N4O3S. The summed E-state index contributed by atoms with van der Waals surface area (Å²) in [6, 6.07) is 9.14. The Labute approximate surface area is 196 Å². The van der Waals surface area contributed by atoms with Crippen molar-refractivity contribution in [2.75, 3.05) is 6.54 Å². The van der Waals surface area contributed by atoms with Gasteiger partial charge in [0.1, 0.15) is 11.9 Å². The first-order chi connectivity index (χ1) is 15.5. The minimum atomic E-state index is -3.76. The molecule has 0 aliphatic heterocycles. The van der Waals surface area contributed by atoms with E-state index in [2.05, 4.69) is 15.0 Å². The van der Waals surface area contributed by atoms with Crippen molar-refractivity contribution in [2.24, 2.45) is 7.05 Å². The van der Waals surface area contributed by atoms with Crippen LogP contribution in [0.3, 0.4) is 0 Å². The lowest BCUT2D eigenvalue weighted by molar-refractivity contribution is -0.121. The molecule has 0 aliphatic rings. The predicted octanol–water partition coefficient (Wildman–Crippen LogP) is 3.54. The average Bonchev–Trinajstić information content (AvgIpc) is 3.20. The summed E-state index contributed by atoms with van der Waals surface area (Å²) >= 11 is 0. The molecule has 1 unspecified atom stereocenters. The number of nitrogens with one attached hydrogen (secondary N) is 2. The number of sulfonamides is 1. The van der Waals surface area contributed by atoms with Crippen molar-refractivity contribution >= 4 is 15.9 Å². The molecule has 1 atom stereocenters. The number of carbonyl (C=O) groups excluding carboxylic acids is 1. The zero-order valence-corrected chi connectivity index (χ0v) is 20.9. The highest BCUT2D eigenvalue weighted by Gasteiger charge is 2.24. The van der Waals surface area contributed by atoms with Crippen LogP contribution in [0.4, 0.5) is 0 Å². The molecule has 0 bridgehead atoms. The zero-order chi connectivity index (χ0) is 24.3. The molecule has 3 rings (SSSR count). The van der Waals surface area contributed by atoms with Crippen LogP contribution in [0.25, 0.3) is 0 Å². The highest BCUT2D eigenvalue weighted by atomic mass is 32.2. The standard InChI is InChI=1S/C25H32N4O3S/c1-16-17(2)19(4)24(20(5)18(16)3)33(31,32)27-13-12-22(30)28-23(21-10-8-7-9-11-21)25-26-14-15-29(25)6/h7-11,14-15,23,27H,12-13H2,1-6H3,(H,28,30). The summed E-state index contributed by atoms with van der Waals surface area (Å²) in [5.41, 5.74) is 5.43. The second-order valence-electron chi connectivity index (χ2n) is 8.41. The van der Waals surface area contributed by atoms with E-state index >= 15 is 0 Å². The van der Waals surface area contributed by atoms with E-state index in [4.69, 9.17) is 0 Å². The number of carbonyl (C=O) groups is 1. The van der Waals surface area contributed by atoms with Gasteiger partial charge in [-0.25, -0.2) is 18.1 Å². The fourth-order valence-corrected chi connectivity index (χ4v) is 5.70. The first-order valence-corrected chi connectivity index (χ1v) is 12.4. The molecule has 3 aromatic rings. The molecule has 8 heteroatoms.